The van der Waals surface area contributed by atoms with Crippen molar-refractivity contribution < 1.29 is 9.53 Å². The van der Waals surface area contributed by atoms with E-state index in [2.05, 4.69) is 14.7 Å². The highest BCUT2D eigenvalue weighted by Gasteiger charge is 2.10. The number of esters is 1. The second-order valence-electron chi connectivity index (χ2n) is 4.97. The van der Waals surface area contributed by atoms with Crippen LogP contribution in [0.2, 0.25) is 10.0 Å². The smallest absolute Gasteiger partial charge is 0.340 e. The number of aromatic amines is 1. The first-order chi connectivity index (χ1) is 12.4. The molecule has 0 atom stereocenters. The highest BCUT2D eigenvalue weighted by molar-refractivity contribution is 6.35. The van der Waals surface area contributed by atoms with Crippen LogP contribution in [0.1, 0.15) is 16.2 Å². The minimum absolute atomic E-state index is 0.163. The Morgan fingerprint density at radius 1 is 1.19 bits per heavy atom. The van der Waals surface area contributed by atoms with Crippen LogP contribution in [-0.4, -0.2) is 23.0 Å². The SMILES string of the molecule is COC(=O)c1cccc(Cl)c1N.O=c1[nH]c(CCl)nc2c(Cl)cccc12. The Kier molecular flexibility index (Phi) is 6.85. The zero-order valence-corrected chi connectivity index (χ0v) is 15.8. The Balaban J connectivity index is 0.000000190. The summed E-state index contributed by atoms with van der Waals surface area (Å²) in [4.78, 5) is 29.2. The van der Waals surface area contributed by atoms with Crippen molar-refractivity contribution in [1.29, 1.82) is 0 Å². The molecule has 3 rings (SSSR count). The number of halogens is 3. The van der Waals surface area contributed by atoms with Gasteiger partial charge in [0, 0.05) is 0 Å². The van der Waals surface area contributed by atoms with Crippen molar-refractivity contribution in [1.82, 2.24) is 9.97 Å². The minimum Gasteiger partial charge on any atom is -0.465 e. The van der Waals surface area contributed by atoms with E-state index in [1.54, 1.807) is 36.4 Å². The maximum absolute atomic E-state index is 11.5. The largest absolute Gasteiger partial charge is 0.465 e. The van der Waals surface area contributed by atoms with E-state index in [0.717, 1.165) is 0 Å². The fourth-order valence-electron chi connectivity index (χ4n) is 2.06. The molecule has 0 bridgehead atoms. The van der Waals surface area contributed by atoms with E-state index in [1.807, 2.05) is 0 Å². The standard InChI is InChI=1S/C9H6Cl2N2O.C8H8ClNO2/c10-4-7-12-8-5(9(14)13-7)2-1-3-6(8)11;1-12-8(11)5-3-2-4-6(9)7(5)10/h1-3H,4H2,(H,12,13,14);2-4H,10H2,1H3. The Morgan fingerprint density at radius 3 is 2.50 bits per heavy atom. The molecule has 0 aliphatic heterocycles. The van der Waals surface area contributed by atoms with E-state index in [4.69, 9.17) is 40.5 Å². The number of carbonyl (C=O) groups is 1. The summed E-state index contributed by atoms with van der Waals surface area (Å²) in [7, 11) is 1.29. The van der Waals surface area contributed by atoms with Crippen LogP contribution in [0.25, 0.3) is 10.9 Å². The van der Waals surface area contributed by atoms with Crippen LogP contribution in [0.4, 0.5) is 5.69 Å². The molecule has 0 saturated carbocycles. The number of anilines is 1. The Hall–Kier alpha value is -2.28. The zero-order chi connectivity index (χ0) is 19.3. The predicted molar refractivity (Wildman–Crippen MR) is 104 cm³/mol. The third kappa shape index (κ3) is 4.46. The molecule has 9 heteroatoms. The average Bonchev–Trinajstić information content (AvgIpc) is 2.64. The van der Waals surface area contributed by atoms with Gasteiger partial charge in [0.1, 0.15) is 5.82 Å². The summed E-state index contributed by atoms with van der Waals surface area (Å²) in [5.41, 5.74) is 6.36. The van der Waals surface area contributed by atoms with Crippen molar-refractivity contribution in [3.8, 4) is 0 Å². The lowest BCUT2D eigenvalue weighted by atomic mass is 10.2. The third-order valence-corrected chi connectivity index (χ3v) is 4.21. The van der Waals surface area contributed by atoms with Crippen molar-refractivity contribution >= 4 is 57.4 Å². The van der Waals surface area contributed by atoms with Crippen LogP contribution in [-0.2, 0) is 10.6 Å². The molecule has 26 heavy (non-hydrogen) atoms. The fourth-order valence-corrected chi connectivity index (χ4v) is 2.58. The first kappa shape index (κ1) is 20.0. The van der Waals surface area contributed by atoms with Gasteiger partial charge in [-0.15, -0.1) is 11.6 Å². The first-order valence-corrected chi connectivity index (χ1v) is 8.53. The van der Waals surface area contributed by atoms with Gasteiger partial charge in [-0.25, -0.2) is 9.78 Å². The minimum atomic E-state index is -0.477. The van der Waals surface area contributed by atoms with Gasteiger partial charge in [-0.3, -0.25) is 4.79 Å². The van der Waals surface area contributed by atoms with E-state index in [9.17, 15) is 9.59 Å². The van der Waals surface area contributed by atoms with Crippen LogP contribution in [0.5, 0.6) is 0 Å². The molecule has 6 nitrogen and oxygen atoms in total. The Labute approximate surface area is 163 Å². The van der Waals surface area contributed by atoms with Gasteiger partial charge in [0.05, 0.1) is 45.2 Å². The molecule has 1 aromatic heterocycles. The van der Waals surface area contributed by atoms with Gasteiger partial charge in [-0.05, 0) is 24.3 Å². The summed E-state index contributed by atoms with van der Waals surface area (Å²) in [6.45, 7) is 0. The van der Waals surface area contributed by atoms with E-state index in [0.29, 0.717) is 32.3 Å². The van der Waals surface area contributed by atoms with Gasteiger partial charge in [-0.1, -0.05) is 35.3 Å². The monoisotopic (exact) mass is 413 g/mol. The van der Waals surface area contributed by atoms with Crippen molar-refractivity contribution in [3.05, 3.63) is 68.2 Å². The first-order valence-electron chi connectivity index (χ1n) is 7.24. The van der Waals surface area contributed by atoms with E-state index < -0.39 is 5.97 Å². The van der Waals surface area contributed by atoms with Crippen LogP contribution >= 0.6 is 34.8 Å². The highest BCUT2D eigenvalue weighted by atomic mass is 35.5. The lowest BCUT2D eigenvalue weighted by molar-refractivity contribution is 0.0602. The number of ether oxygens (including phenoxy) is 1. The molecule has 0 radical (unpaired) electrons. The van der Waals surface area contributed by atoms with Crippen LogP contribution < -0.4 is 11.3 Å². The van der Waals surface area contributed by atoms with Crippen molar-refractivity contribution in [2.45, 2.75) is 5.88 Å². The number of hydrogen-bond donors (Lipinski definition) is 2. The molecule has 3 N–H and O–H groups in total. The third-order valence-electron chi connectivity index (χ3n) is 3.32. The Bertz CT molecular complexity index is 1010. The lowest BCUT2D eigenvalue weighted by Crippen LogP contribution is -2.10. The predicted octanol–water partition coefficient (Wildman–Crippen LogP) is 4.02. The summed E-state index contributed by atoms with van der Waals surface area (Å²) in [6.07, 6.45) is 0. The molecule has 0 unspecified atom stereocenters. The summed E-state index contributed by atoms with van der Waals surface area (Å²) in [6, 6.07) is 9.89. The van der Waals surface area contributed by atoms with Gasteiger partial charge in [0.25, 0.3) is 5.56 Å². The maximum atomic E-state index is 11.5. The van der Waals surface area contributed by atoms with Crippen molar-refractivity contribution in [2.24, 2.45) is 0 Å². The van der Waals surface area contributed by atoms with Crippen molar-refractivity contribution in [2.75, 3.05) is 12.8 Å². The van der Waals surface area contributed by atoms with Gasteiger partial charge in [0.15, 0.2) is 0 Å². The van der Waals surface area contributed by atoms with E-state index in [-0.39, 0.29) is 17.1 Å². The van der Waals surface area contributed by atoms with Gasteiger partial charge >= 0.3 is 5.97 Å². The number of fused-ring (bicyclic) bond motifs is 1. The number of nitrogens with zero attached hydrogens (tertiary/aromatic N) is 1. The number of carbonyl (C=O) groups excluding carboxylic acids is 1. The van der Waals surface area contributed by atoms with Gasteiger partial charge in [-0.2, -0.15) is 0 Å². The van der Waals surface area contributed by atoms with Gasteiger partial charge in [0.2, 0.25) is 0 Å². The molecule has 0 saturated heterocycles. The van der Waals surface area contributed by atoms with E-state index >= 15 is 0 Å². The second-order valence-corrected chi connectivity index (χ2v) is 6.06. The van der Waals surface area contributed by atoms with Crippen LogP contribution in [0.15, 0.2) is 41.2 Å². The number of nitrogens with two attached hydrogens (primary N) is 1. The molecule has 136 valence electrons. The number of rotatable bonds is 2. The molecule has 0 spiro atoms. The molecule has 0 amide bonds. The van der Waals surface area contributed by atoms with Crippen LogP contribution in [0, 0.1) is 0 Å². The molecular weight excluding hydrogens is 401 g/mol. The van der Waals surface area contributed by atoms with E-state index in [1.165, 1.54) is 7.11 Å². The van der Waals surface area contributed by atoms with Crippen LogP contribution in [0.3, 0.4) is 0 Å². The molecular formula is C17H14Cl3N3O3. The number of nitrogens with one attached hydrogen (secondary N) is 1. The number of alkyl halides is 1. The summed E-state index contributed by atoms with van der Waals surface area (Å²) >= 11 is 17.2. The number of benzene rings is 2. The Morgan fingerprint density at radius 2 is 1.85 bits per heavy atom. The topological polar surface area (TPSA) is 98.1 Å². The average molecular weight is 415 g/mol. The summed E-state index contributed by atoms with van der Waals surface area (Å²) < 4.78 is 4.49. The highest BCUT2D eigenvalue weighted by Crippen LogP contribution is 2.22. The number of hydrogen-bond acceptors (Lipinski definition) is 5. The summed E-state index contributed by atoms with van der Waals surface area (Å²) in [5.74, 6) is 0.114. The molecule has 1 heterocycles. The molecule has 0 aliphatic carbocycles. The lowest BCUT2D eigenvalue weighted by Gasteiger charge is -2.03. The quantitative estimate of drug-likeness (QED) is 0.375. The summed E-state index contributed by atoms with van der Waals surface area (Å²) in [5, 5.41) is 1.30. The number of methoxy groups -OCH3 is 1. The number of nitrogen functional groups attached to an aromatic ring is 1. The number of aromatic nitrogens is 2. The molecule has 0 aliphatic rings. The maximum Gasteiger partial charge on any atom is 0.340 e. The van der Waals surface area contributed by atoms with Gasteiger partial charge < -0.3 is 15.5 Å². The normalized spacial score (nSPS) is 10.2. The molecule has 2 aromatic carbocycles. The molecule has 0 fully saturated rings. The fraction of sp³-hybridized carbons (Fsp3) is 0.118. The van der Waals surface area contributed by atoms with Crippen molar-refractivity contribution in [3.63, 3.8) is 0 Å². The number of para-hydroxylation sites is 2. The second kappa shape index (κ2) is 8.89. The zero-order valence-electron chi connectivity index (χ0n) is 13.6. The number of H-pyrrole nitrogens is 1. The molecule has 3 aromatic rings.